The molecule has 2 aromatic rings. The Kier molecular flexibility index (Phi) is 4.98. The molecule has 0 atom stereocenters. The number of fused-ring (bicyclic) bond motifs is 1. The van der Waals surface area contributed by atoms with E-state index >= 15 is 0 Å². The number of hydrogen-bond acceptors (Lipinski definition) is 1. The number of benzene rings is 2. The molecule has 0 saturated carbocycles. The second-order valence-corrected chi connectivity index (χ2v) is 4.64. The number of ether oxygens (including phenoxy) is 1. The fourth-order valence-electron chi connectivity index (χ4n) is 1.81. The Morgan fingerprint density at radius 2 is 1.76 bits per heavy atom. The highest BCUT2D eigenvalue weighted by Gasteiger charge is 2.26. The number of hydrogen-bond donors (Lipinski definition) is 0. The van der Waals surface area contributed by atoms with E-state index in [9.17, 15) is 13.2 Å². The summed E-state index contributed by atoms with van der Waals surface area (Å²) < 4.78 is 41.3. The van der Waals surface area contributed by atoms with Gasteiger partial charge < -0.3 is 4.74 Å². The molecular weight excluding hydrogens is 301 g/mol. The van der Waals surface area contributed by atoms with Gasteiger partial charge in [-0.1, -0.05) is 24.0 Å². The zero-order chi connectivity index (χ0) is 15.3. The molecule has 21 heavy (non-hydrogen) atoms. The van der Waals surface area contributed by atoms with E-state index in [2.05, 4.69) is 11.8 Å². The van der Waals surface area contributed by atoms with E-state index in [1.807, 2.05) is 18.2 Å². The standard InChI is InChI=1S/C16H12ClF3O/c17-8-1-2-12-3-4-14-11-15(6-5-13(14)10-12)21-9-7-16(18,19)20/h3-6,10-11H,7-9H2. The molecule has 0 bridgehead atoms. The van der Waals surface area contributed by atoms with Crippen LogP contribution in [0.25, 0.3) is 10.8 Å². The topological polar surface area (TPSA) is 9.23 Å². The molecule has 0 saturated heterocycles. The maximum atomic E-state index is 12.1. The van der Waals surface area contributed by atoms with Gasteiger partial charge in [-0.25, -0.2) is 0 Å². The van der Waals surface area contributed by atoms with Crippen LogP contribution in [0.15, 0.2) is 36.4 Å². The van der Waals surface area contributed by atoms with Gasteiger partial charge >= 0.3 is 6.18 Å². The van der Waals surface area contributed by atoms with Crippen LogP contribution in [-0.4, -0.2) is 18.7 Å². The Balaban J connectivity index is 2.11. The van der Waals surface area contributed by atoms with Gasteiger partial charge in [0.15, 0.2) is 0 Å². The van der Waals surface area contributed by atoms with E-state index in [-0.39, 0.29) is 12.5 Å². The molecule has 0 amide bonds. The third-order valence-corrected chi connectivity index (χ3v) is 2.90. The fraction of sp³-hybridized carbons (Fsp3) is 0.250. The van der Waals surface area contributed by atoms with Gasteiger partial charge in [-0.05, 0) is 35.0 Å². The van der Waals surface area contributed by atoms with Gasteiger partial charge in [0.25, 0.3) is 0 Å². The zero-order valence-corrected chi connectivity index (χ0v) is 11.8. The first-order chi connectivity index (χ1) is 9.98. The molecule has 0 heterocycles. The van der Waals surface area contributed by atoms with Crippen molar-refractivity contribution in [1.82, 2.24) is 0 Å². The zero-order valence-electron chi connectivity index (χ0n) is 11.0. The van der Waals surface area contributed by atoms with Crippen molar-refractivity contribution in [2.75, 3.05) is 12.5 Å². The highest BCUT2D eigenvalue weighted by atomic mass is 35.5. The van der Waals surface area contributed by atoms with Crippen LogP contribution < -0.4 is 4.74 Å². The fourth-order valence-corrected chi connectivity index (χ4v) is 1.88. The van der Waals surface area contributed by atoms with Crippen molar-refractivity contribution in [1.29, 1.82) is 0 Å². The molecule has 0 aromatic heterocycles. The van der Waals surface area contributed by atoms with E-state index in [0.717, 1.165) is 16.3 Å². The molecule has 5 heteroatoms. The van der Waals surface area contributed by atoms with Gasteiger partial charge in [-0.3, -0.25) is 0 Å². The van der Waals surface area contributed by atoms with Crippen molar-refractivity contribution in [2.45, 2.75) is 12.6 Å². The third kappa shape index (κ3) is 4.87. The third-order valence-electron chi connectivity index (χ3n) is 2.77. The summed E-state index contributed by atoms with van der Waals surface area (Å²) >= 11 is 5.50. The molecule has 0 spiro atoms. The summed E-state index contributed by atoms with van der Waals surface area (Å²) in [4.78, 5) is 0. The minimum absolute atomic E-state index is 0.268. The molecule has 0 aliphatic heterocycles. The van der Waals surface area contributed by atoms with Crippen LogP contribution in [0.4, 0.5) is 13.2 Å². The number of halogens is 4. The van der Waals surface area contributed by atoms with Crippen molar-refractivity contribution in [3.63, 3.8) is 0 Å². The van der Waals surface area contributed by atoms with Crippen LogP contribution in [0, 0.1) is 11.8 Å². The Hall–Kier alpha value is -1.86. The quantitative estimate of drug-likeness (QED) is 0.586. The second-order valence-electron chi connectivity index (χ2n) is 4.37. The van der Waals surface area contributed by atoms with Gasteiger partial charge in [0.2, 0.25) is 0 Å². The van der Waals surface area contributed by atoms with Gasteiger partial charge in [0.05, 0.1) is 18.9 Å². The highest BCUT2D eigenvalue weighted by molar-refractivity contribution is 6.19. The maximum absolute atomic E-state index is 12.1. The molecule has 2 aromatic carbocycles. The normalized spacial score (nSPS) is 11.0. The minimum Gasteiger partial charge on any atom is -0.493 e. The Morgan fingerprint density at radius 1 is 1.05 bits per heavy atom. The van der Waals surface area contributed by atoms with Crippen LogP contribution in [0.2, 0.25) is 0 Å². The lowest BCUT2D eigenvalue weighted by atomic mass is 10.1. The Morgan fingerprint density at radius 3 is 2.48 bits per heavy atom. The summed E-state index contributed by atoms with van der Waals surface area (Å²) in [5, 5.41) is 1.83. The average molecular weight is 313 g/mol. The molecule has 110 valence electrons. The largest absolute Gasteiger partial charge is 0.493 e. The van der Waals surface area contributed by atoms with E-state index in [1.54, 1.807) is 18.2 Å². The predicted octanol–water partition coefficient (Wildman–Crippen LogP) is 4.76. The molecule has 0 radical (unpaired) electrons. The Bertz CT molecular complexity index is 683. The van der Waals surface area contributed by atoms with E-state index < -0.39 is 12.6 Å². The van der Waals surface area contributed by atoms with Crippen molar-refractivity contribution in [3.8, 4) is 17.6 Å². The van der Waals surface area contributed by atoms with E-state index in [1.165, 1.54) is 0 Å². The molecule has 2 rings (SSSR count). The van der Waals surface area contributed by atoms with Gasteiger partial charge in [-0.15, -0.1) is 11.6 Å². The molecule has 0 N–H and O–H groups in total. The molecule has 1 nitrogen and oxygen atoms in total. The van der Waals surface area contributed by atoms with Gasteiger partial charge in [0, 0.05) is 5.56 Å². The summed E-state index contributed by atoms with van der Waals surface area (Å²) in [6.45, 7) is -0.381. The maximum Gasteiger partial charge on any atom is 0.392 e. The van der Waals surface area contributed by atoms with Gasteiger partial charge in [0.1, 0.15) is 5.75 Å². The number of alkyl halides is 4. The first-order valence-corrected chi connectivity index (χ1v) is 6.79. The first-order valence-electron chi connectivity index (χ1n) is 6.26. The molecule has 0 fully saturated rings. The van der Waals surface area contributed by atoms with Crippen molar-refractivity contribution in [3.05, 3.63) is 42.0 Å². The van der Waals surface area contributed by atoms with E-state index in [4.69, 9.17) is 16.3 Å². The van der Waals surface area contributed by atoms with Crippen LogP contribution in [-0.2, 0) is 0 Å². The summed E-state index contributed by atoms with van der Waals surface area (Å²) in [6, 6.07) is 10.7. The van der Waals surface area contributed by atoms with Crippen LogP contribution in [0.1, 0.15) is 12.0 Å². The average Bonchev–Trinajstić information content (AvgIpc) is 2.43. The predicted molar refractivity (Wildman–Crippen MR) is 77.7 cm³/mol. The summed E-state index contributed by atoms with van der Waals surface area (Å²) in [5.74, 6) is 6.37. The van der Waals surface area contributed by atoms with Crippen molar-refractivity contribution < 1.29 is 17.9 Å². The molecule has 0 aliphatic carbocycles. The molecule has 0 aliphatic rings. The summed E-state index contributed by atoms with van der Waals surface area (Å²) in [6.07, 6.45) is -5.16. The SMILES string of the molecule is FC(F)(F)CCOc1ccc2cc(C#CCCl)ccc2c1. The minimum atomic E-state index is -4.20. The van der Waals surface area contributed by atoms with Crippen LogP contribution >= 0.6 is 11.6 Å². The lowest BCUT2D eigenvalue weighted by Crippen LogP contribution is -2.12. The lowest BCUT2D eigenvalue weighted by molar-refractivity contribution is -0.139. The van der Waals surface area contributed by atoms with Crippen molar-refractivity contribution in [2.24, 2.45) is 0 Å². The smallest absolute Gasteiger partial charge is 0.392 e. The summed E-state index contributed by atoms with van der Waals surface area (Å²) in [7, 11) is 0. The van der Waals surface area contributed by atoms with Crippen molar-refractivity contribution >= 4 is 22.4 Å². The monoisotopic (exact) mass is 312 g/mol. The van der Waals surface area contributed by atoms with E-state index in [0.29, 0.717) is 5.75 Å². The van der Waals surface area contributed by atoms with Crippen LogP contribution in [0.5, 0.6) is 5.75 Å². The Labute approximate surface area is 125 Å². The highest BCUT2D eigenvalue weighted by Crippen LogP contribution is 2.24. The van der Waals surface area contributed by atoms with Crippen LogP contribution in [0.3, 0.4) is 0 Å². The molecule has 0 unspecified atom stereocenters. The first kappa shape index (κ1) is 15.5. The number of rotatable bonds is 3. The summed E-state index contributed by atoms with van der Waals surface area (Å²) in [5.41, 5.74) is 0.842. The second kappa shape index (κ2) is 6.73. The molecular formula is C16H12ClF3O. The lowest BCUT2D eigenvalue weighted by Gasteiger charge is -2.09. The van der Waals surface area contributed by atoms with Gasteiger partial charge in [-0.2, -0.15) is 13.2 Å².